The number of cyclic esters (lactones) is 1. The van der Waals surface area contributed by atoms with Crippen molar-refractivity contribution in [3.05, 3.63) is 35.3 Å². The molecule has 3 fully saturated rings. The number of ether oxygens (including phenoxy) is 4. The van der Waals surface area contributed by atoms with Crippen LogP contribution in [0.5, 0.6) is 0 Å². The lowest BCUT2D eigenvalue weighted by atomic mass is 9.39. The predicted molar refractivity (Wildman–Crippen MR) is 143 cm³/mol. The molecule has 3 aliphatic carbocycles. The molecule has 1 aliphatic heterocycles. The SMILES string of the molecule is COC(=O)CC1C(C)(C)C(OC(C)=O)C2(O)CC3=C4CC(=O)OC(c5ccoc5)C4(C)CC(OC(C)=O)C3C1(C)C2=O. The summed E-state index contributed by atoms with van der Waals surface area (Å²) >= 11 is 0. The average molecular weight is 587 g/mol. The fraction of sp³-hybridized carbons (Fsp3) is 0.645. The number of carbonyl (C=O) groups excluding carboxylic acids is 5. The fourth-order valence-corrected chi connectivity index (χ4v) is 8.89. The Bertz CT molecular complexity index is 1370. The van der Waals surface area contributed by atoms with E-state index in [1.54, 1.807) is 26.8 Å². The zero-order chi connectivity index (χ0) is 31.0. The van der Waals surface area contributed by atoms with Gasteiger partial charge in [0.25, 0.3) is 0 Å². The highest BCUT2D eigenvalue weighted by Crippen LogP contribution is 2.69. The van der Waals surface area contributed by atoms with E-state index >= 15 is 0 Å². The molecule has 11 heteroatoms. The zero-order valence-electron chi connectivity index (χ0n) is 25.0. The van der Waals surface area contributed by atoms with Gasteiger partial charge in [0.05, 0.1) is 26.1 Å². The first-order valence-electron chi connectivity index (χ1n) is 14.1. The quantitative estimate of drug-likeness (QED) is 0.307. The number of ketones is 1. The fourth-order valence-electron chi connectivity index (χ4n) is 8.89. The molecule has 0 aromatic carbocycles. The van der Waals surface area contributed by atoms with E-state index in [9.17, 15) is 29.1 Å². The summed E-state index contributed by atoms with van der Waals surface area (Å²) < 4.78 is 27.9. The van der Waals surface area contributed by atoms with Gasteiger partial charge in [-0.25, -0.2) is 0 Å². The lowest BCUT2D eigenvalue weighted by Crippen LogP contribution is -2.76. The minimum atomic E-state index is -2.18. The molecular weight excluding hydrogens is 548 g/mol. The largest absolute Gasteiger partial charge is 0.472 e. The molecule has 0 radical (unpaired) electrons. The van der Waals surface area contributed by atoms with Crippen molar-refractivity contribution in [3.63, 3.8) is 0 Å². The second-order valence-corrected chi connectivity index (χ2v) is 13.2. The maximum absolute atomic E-state index is 14.6. The van der Waals surface area contributed by atoms with Crippen LogP contribution in [0.15, 0.2) is 34.2 Å². The van der Waals surface area contributed by atoms with Crippen molar-refractivity contribution in [2.75, 3.05) is 7.11 Å². The number of hydrogen-bond acceptors (Lipinski definition) is 11. The number of methoxy groups -OCH3 is 1. The Morgan fingerprint density at radius 3 is 2.31 bits per heavy atom. The Morgan fingerprint density at radius 1 is 1.07 bits per heavy atom. The summed E-state index contributed by atoms with van der Waals surface area (Å²) in [5.41, 5.74) is -3.78. The van der Waals surface area contributed by atoms with Crippen LogP contribution in [0.3, 0.4) is 0 Å². The van der Waals surface area contributed by atoms with E-state index in [1.165, 1.54) is 33.5 Å². The minimum Gasteiger partial charge on any atom is -0.472 e. The highest BCUT2D eigenvalue weighted by molar-refractivity contribution is 5.98. The number of rotatable bonds is 5. The highest BCUT2D eigenvalue weighted by Gasteiger charge is 2.75. The Morgan fingerprint density at radius 2 is 1.74 bits per heavy atom. The number of carbonyl (C=O) groups is 5. The average Bonchev–Trinajstić information content (AvgIpc) is 3.42. The number of fused-ring (bicyclic) bond motifs is 5. The molecule has 2 heterocycles. The first kappa shape index (κ1) is 30.0. The first-order valence-corrected chi connectivity index (χ1v) is 14.1. The number of aliphatic hydroxyl groups is 1. The van der Waals surface area contributed by atoms with Gasteiger partial charge >= 0.3 is 23.9 Å². The maximum Gasteiger partial charge on any atom is 0.310 e. The van der Waals surface area contributed by atoms with E-state index in [4.69, 9.17) is 23.4 Å². The smallest absolute Gasteiger partial charge is 0.310 e. The van der Waals surface area contributed by atoms with Crippen LogP contribution in [0.2, 0.25) is 0 Å². The summed E-state index contributed by atoms with van der Waals surface area (Å²) in [7, 11) is 1.24. The molecular formula is C31H38O11. The molecule has 42 heavy (non-hydrogen) atoms. The Balaban J connectivity index is 1.81. The van der Waals surface area contributed by atoms with Crippen LogP contribution in [0.4, 0.5) is 0 Å². The standard InChI is InChI=1S/C31H38O11/c1-15(32)40-20-13-29(5)19(10-23(35)42-25(29)17-8-9-39-14-17)18-12-31(37)26(36)30(6,24(18)20)21(11-22(34)38-7)28(3,4)27(31)41-16(2)33/h8-9,14,20-21,24-25,27,37H,10-13H2,1-7H3. The summed E-state index contributed by atoms with van der Waals surface area (Å²) in [4.78, 5) is 65.4. The maximum atomic E-state index is 14.6. The second kappa shape index (κ2) is 9.79. The van der Waals surface area contributed by atoms with Gasteiger partial charge in [-0.15, -0.1) is 0 Å². The van der Waals surface area contributed by atoms with E-state index in [0.29, 0.717) is 16.7 Å². The van der Waals surface area contributed by atoms with Crippen LogP contribution < -0.4 is 0 Å². The lowest BCUT2D eigenvalue weighted by molar-refractivity contribution is -0.242. The molecule has 2 saturated carbocycles. The Labute approximate surface area is 243 Å². The topological polar surface area (TPSA) is 156 Å². The van der Waals surface area contributed by atoms with Crippen molar-refractivity contribution in [3.8, 4) is 0 Å². The molecule has 1 N–H and O–H groups in total. The van der Waals surface area contributed by atoms with Crippen LogP contribution in [0.1, 0.15) is 78.9 Å². The van der Waals surface area contributed by atoms with Crippen LogP contribution in [-0.2, 0) is 42.9 Å². The Hall–Kier alpha value is -3.47. The third-order valence-electron chi connectivity index (χ3n) is 10.4. The zero-order valence-corrected chi connectivity index (χ0v) is 25.0. The highest BCUT2D eigenvalue weighted by atomic mass is 16.6. The van der Waals surface area contributed by atoms with Crippen LogP contribution in [0, 0.1) is 28.1 Å². The lowest BCUT2D eigenvalue weighted by Gasteiger charge is -2.66. The third kappa shape index (κ3) is 4.14. The molecule has 2 bridgehead atoms. The number of Topliss-reactive ketones (excluding diaryl/α,β-unsaturated/α-hetero) is 1. The number of furan rings is 1. The van der Waals surface area contributed by atoms with Gasteiger partial charge in [-0.3, -0.25) is 24.0 Å². The summed E-state index contributed by atoms with van der Waals surface area (Å²) in [6, 6.07) is 1.70. The van der Waals surface area contributed by atoms with Crippen molar-refractivity contribution >= 4 is 29.7 Å². The molecule has 5 rings (SSSR count). The van der Waals surface area contributed by atoms with E-state index in [1.807, 2.05) is 6.92 Å². The monoisotopic (exact) mass is 586 g/mol. The van der Waals surface area contributed by atoms with Crippen molar-refractivity contribution < 1.29 is 52.4 Å². The van der Waals surface area contributed by atoms with E-state index in [2.05, 4.69) is 0 Å². The second-order valence-electron chi connectivity index (χ2n) is 13.2. The van der Waals surface area contributed by atoms with Crippen molar-refractivity contribution in [2.24, 2.45) is 28.1 Å². The molecule has 1 aromatic rings. The van der Waals surface area contributed by atoms with E-state index < -0.39 is 81.7 Å². The normalized spacial score (nSPS) is 38.5. The number of hydrogen-bond donors (Lipinski definition) is 1. The van der Waals surface area contributed by atoms with Gasteiger partial charge in [0, 0.05) is 54.4 Å². The summed E-state index contributed by atoms with van der Waals surface area (Å²) in [5.74, 6) is -4.52. The van der Waals surface area contributed by atoms with Gasteiger partial charge in [-0.05, 0) is 24.0 Å². The Kier molecular flexibility index (Phi) is 6.99. The van der Waals surface area contributed by atoms with Crippen molar-refractivity contribution in [1.82, 2.24) is 0 Å². The summed E-state index contributed by atoms with van der Waals surface area (Å²) in [6.07, 6.45) is -0.361. The molecule has 11 nitrogen and oxygen atoms in total. The van der Waals surface area contributed by atoms with Crippen molar-refractivity contribution in [1.29, 1.82) is 0 Å². The molecule has 8 unspecified atom stereocenters. The summed E-state index contributed by atoms with van der Waals surface area (Å²) in [6.45, 7) is 9.57. The van der Waals surface area contributed by atoms with Gasteiger partial charge in [-0.2, -0.15) is 0 Å². The van der Waals surface area contributed by atoms with Gasteiger partial charge in [0.2, 0.25) is 0 Å². The van der Waals surface area contributed by atoms with Gasteiger partial charge in [0.1, 0.15) is 18.3 Å². The van der Waals surface area contributed by atoms with Gasteiger partial charge in [-0.1, -0.05) is 33.3 Å². The van der Waals surface area contributed by atoms with Gasteiger partial charge < -0.3 is 28.5 Å². The van der Waals surface area contributed by atoms with E-state index in [0.717, 1.165) is 0 Å². The molecule has 228 valence electrons. The molecule has 4 aliphatic rings. The van der Waals surface area contributed by atoms with Crippen molar-refractivity contribution in [2.45, 2.75) is 91.1 Å². The first-order chi connectivity index (χ1) is 19.5. The minimum absolute atomic E-state index is 0.104. The van der Waals surface area contributed by atoms with Gasteiger partial charge in [0.15, 0.2) is 11.4 Å². The molecule has 0 amide bonds. The molecule has 0 spiro atoms. The van der Waals surface area contributed by atoms with Crippen LogP contribution >= 0.6 is 0 Å². The van der Waals surface area contributed by atoms with Crippen LogP contribution in [0.25, 0.3) is 0 Å². The third-order valence-corrected chi connectivity index (χ3v) is 10.4. The number of esters is 4. The molecule has 8 atom stereocenters. The molecule has 1 saturated heterocycles. The summed E-state index contributed by atoms with van der Waals surface area (Å²) in [5, 5.41) is 12.4. The molecule has 1 aromatic heterocycles. The van der Waals surface area contributed by atoms with Crippen LogP contribution in [-0.4, -0.2) is 59.7 Å². The van der Waals surface area contributed by atoms with E-state index in [-0.39, 0.29) is 25.7 Å². The predicted octanol–water partition coefficient (Wildman–Crippen LogP) is 3.38.